The molecule has 0 radical (unpaired) electrons. The molecule has 3 aromatic carbocycles. The van der Waals surface area contributed by atoms with Gasteiger partial charge in [0.2, 0.25) is 11.9 Å². The summed E-state index contributed by atoms with van der Waals surface area (Å²) in [4.78, 5) is 17.3. The second kappa shape index (κ2) is 10.3. The minimum Gasteiger partial charge on any atom is -0.497 e. The van der Waals surface area contributed by atoms with E-state index in [2.05, 4.69) is 20.7 Å². The molecule has 0 saturated heterocycles. The molecule has 0 saturated carbocycles. The molecular weight excluding hydrogens is 478 g/mol. The van der Waals surface area contributed by atoms with E-state index in [4.69, 9.17) is 21.1 Å². The number of fused-ring (bicyclic) bond motifs is 1. The molecule has 0 unspecified atom stereocenters. The van der Waals surface area contributed by atoms with Gasteiger partial charge in [-0.05, 0) is 47.9 Å². The van der Waals surface area contributed by atoms with Gasteiger partial charge in [0.05, 0.1) is 32.7 Å². The second-order valence-corrected chi connectivity index (χ2v) is 8.95. The maximum Gasteiger partial charge on any atom is 0.250 e. The molecule has 9 heteroatoms. The van der Waals surface area contributed by atoms with Gasteiger partial charge in [-0.25, -0.2) is 4.68 Å². The number of aromatic nitrogens is 3. The Balaban J connectivity index is 1.43. The lowest BCUT2D eigenvalue weighted by Crippen LogP contribution is -2.28. The normalized spacial score (nSPS) is 16.5. The third kappa shape index (κ3) is 4.99. The summed E-state index contributed by atoms with van der Waals surface area (Å²) in [6.45, 7) is 0. The van der Waals surface area contributed by atoms with Crippen molar-refractivity contribution in [2.24, 2.45) is 0 Å². The summed E-state index contributed by atoms with van der Waals surface area (Å²) >= 11 is 6.11. The Morgan fingerprint density at radius 3 is 2.53 bits per heavy atom. The fourth-order valence-corrected chi connectivity index (χ4v) is 4.57. The molecule has 184 valence electrons. The van der Waals surface area contributed by atoms with Gasteiger partial charge in [-0.3, -0.25) is 10.1 Å². The van der Waals surface area contributed by atoms with Crippen LogP contribution in [-0.4, -0.2) is 34.9 Å². The highest BCUT2D eigenvalue weighted by molar-refractivity contribution is 6.30. The van der Waals surface area contributed by atoms with Crippen LogP contribution in [0.2, 0.25) is 5.02 Å². The minimum atomic E-state index is -0.203. The molecule has 2 atom stereocenters. The fourth-order valence-electron chi connectivity index (χ4n) is 4.44. The van der Waals surface area contributed by atoms with Crippen molar-refractivity contribution >= 4 is 29.4 Å². The number of nitrogens with zero attached hydrogens (tertiary/aromatic N) is 3. The van der Waals surface area contributed by atoms with Gasteiger partial charge in [-0.1, -0.05) is 54.1 Å². The number of carbonyl (C=O) groups is 1. The van der Waals surface area contributed by atoms with Crippen LogP contribution in [0.1, 0.15) is 35.2 Å². The monoisotopic (exact) mass is 503 g/mol. The van der Waals surface area contributed by atoms with Crippen LogP contribution in [0.25, 0.3) is 0 Å². The average Bonchev–Trinajstić information content (AvgIpc) is 3.31. The molecule has 5 rings (SSSR count). The first kappa shape index (κ1) is 23.7. The summed E-state index contributed by atoms with van der Waals surface area (Å²) in [7, 11) is 3.27. The first-order valence-electron chi connectivity index (χ1n) is 11.6. The quantitative estimate of drug-likeness (QED) is 0.357. The maximum atomic E-state index is 12.7. The van der Waals surface area contributed by atoms with Crippen molar-refractivity contribution in [3.63, 3.8) is 0 Å². The molecule has 36 heavy (non-hydrogen) atoms. The third-order valence-electron chi connectivity index (χ3n) is 6.23. The Bertz CT molecular complexity index is 1350. The summed E-state index contributed by atoms with van der Waals surface area (Å²) < 4.78 is 12.6. The van der Waals surface area contributed by atoms with E-state index < -0.39 is 0 Å². The summed E-state index contributed by atoms with van der Waals surface area (Å²) in [6, 6.07) is 22.8. The van der Waals surface area contributed by atoms with Gasteiger partial charge in [0.25, 0.3) is 5.95 Å². The van der Waals surface area contributed by atoms with E-state index in [9.17, 15) is 4.79 Å². The maximum absolute atomic E-state index is 12.7. The van der Waals surface area contributed by atoms with Crippen LogP contribution in [-0.2, 0) is 11.2 Å². The molecule has 1 amide bonds. The van der Waals surface area contributed by atoms with Crippen molar-refractivity contribution in [2.75, 3.05) is 24.9 Å². The van der Waals surface area contributed by atoms with Crippen LogP contribution in [0.5, 0.6) is 11.5 Å². The lowest BCUT2D eigenvalue weighted by atomic mass is 9.93. The third-order valence-corrected chi connectivity index (χ3v) is 6.49. The topological polar surface area (TPSA) is 90.3 Å². The highest BCUT2D eigenvalue weighted by atomic mass is 35.5. The molecule has 1 aliphatic rings. The van der Waals surface area contributed by atoms with E-state index in [1.165, 1.54) is 0 Å². The lowest BCUT2D eigenvalue weighted by Gasteiger charge is -2.32. The molecule has 0 fully saturated rings. The van der Waals surface area contributed by atoms with Gasteiger partial charge < -0.3 is 14.8 Å². The zero-order valence-corrected chi connectivity index (χ0v) is 20.7. The van der Waals surface area contributed by atoms with Gasteiger partial charge >= 0.3 is 0 Å². The molecule has 0 spiro atoms. The number of nitrogens with one attached hydrogen (secondary N) is 2. The molecular formula is C27H26ClN5O3. The molecule has 2 heterocycles. The van der Waals surface area contributed by atoms with Crippen molar-refractivity contribution in [1.29, 1.82) is 0 Å². The summed E-state index contributed by atoms with van der Waals surface area (Å²) in [5, 5.41) is 11.6. The minimum absolute atomic E-state index is 0.0308. The van der Waals surface area contributed by atoms with Gasteiger partial charge in [-0.2, -0.15) is 4.98 Å². The van der Waals surface area contributed by atoms with Gasteiger partial charge in [0.1, 0.15) is 11.5 Å². The number of anilines is 2. The number of amides is 1. The SMILES string of the molecule is COc1ccc(CC(=O)Nc2nc3n(n2)[C@@H](c2ccccc2OC)C[C@H](c2ccc(Cl)cc2)N3)cc1. The zero-order valence-electron chi connectivity index (χ0n) is 19.9. The van der Waals surface area contributed by atoms with Crippen LogP contribution in [0.15, 0.2) is 72.8 Å². The highest BCUT2D eigenvalue weighted by Gasteiger charge is 2.33. The first-order valence-corrected chi connectivity index (χ1v) is 12.0. The molecule has 0 aliphatic carbocycles. The summed E-state index contributed by atoms with van der Waals surface area (Å²) in [6.07, 6.45) is 0.905. The van der Waals surface area contributed by atoms with E-state index in [0.717, 1.165) is 28.2 Å². The number of para-hydroxylation sites is 1. The highest BCUT2D eigenvalue weighted by Crippen LogP contribution is 2.41. The molecule has 1 aromatic heterocycles. The Morgan fingerprint density at radius 2 is 1.81 bits per heavy atom. The number of hydrogen-bond donors (Lipinski definition) is 2. The Kier molecular flexibility index (Phi) is 6.77. The molecule has 2 N–H and O–H groups in total. The van der Waals surface area contributed by atoms with Crippen LogP contribution in [0, 0.1) is 0 Å². The van der Waals surface area contributed by atoms with Crippen molar-refractivity contribution in [3.05, 3.63) is 94.5 Å². The van der Waals surface area contributed by atoms with Crippen molar-refractivity contribution in [3.8, 4) is 11.5 Å². The van der Waals surface area contributed by atoms with Crippen molar-refractivity contribution in [2.45, 2.75) is 24.9 Å². The number of benzene rings is 3. The fraction of sp³-hybridized carbons (Fsp3) is 0.222. The Hall–Kier alpha value is -4.04. The first-order chi connectivity index (χ1) is 17.5. The predicted octanol–water partition coefficient (Wildman–Crippen LogP) is 5.28. The van der Waals surface area contributed by atoms with Crippen LogP contribution < -0.4 is 20.1 Å². The summed E-state index contributed by atoms with van der Waals surface area (Å²) in [5.41, 5.74) is 2.94. The number of carbonyl (C=O) groups excluding carboxylic acids is 1. The van der Waals surface area contributed by atoms with E-state index >= 15 is 0 Å². The van der Waals surface area contributed by atoms with Gasteiger partial charge in [0.15, 0.2) is 0 Å². The molecule has 1 aliphatic heterocycles. The van der Waals surface area contributed by atoms with E-state index in [1.807, 2.05) is 77.5 Å². The number of halogens is 1. The smallest absolute Gasteiger partial charge is 0.250 e. The van der Waals surface area contributed by atoms with E-state index in [0.29, 0.717) is 17.4 Å². The summed E-state index contributed by atoms with van der Waals surface area (Å²) in [5.74, 6) is 2.12. The van der Waals surface area contributed by atoms with Crippen molar-refractivity contribution in [1.82, 2.24) is 14.8 Å². The Morgan fingerprint density at radius 1 is 1.06 bits per heavy atom. The van der Waals surface area contributed by atoms with Gasteiger partial charge in [-0.15, -0.1) is 5.10 Å². The standard InChI is InChI=1S/C27H26ClN5O3/c1-35-20-13-7-17(8-14-20)15-25(34)30-26-31-27-29-22(18-9-11-19(28)12-10-18)16-23(33(27)32-26)21-5-3-4-6-24(21)36-2/h3-14,22-23H,15-16H2,1-2H3,(H2,29,30,31,32,34)/t22-,23-/m1/s1. The Labute approximate surface area is 214 Å². The molecule has 4 aromatic rings. The zero-order chi connectivity index (χ0) is 25.1. The number of rotatable bonds is 7. The van der Waals surface area contributed by atoms with Crippen LogP contribution in [0.3, 0.4) is 0 Å². The van der Waals surface area contributed by atoms with Gasteiger partial charge in [0, 0.05) is 10.6 Å². The number of ether oxygens (including phenoxy) is 2. The van der Waals surface area contributed by atoms with E-state index in [-0.39, 0.29) is 30.4 Å². The molecule has 8 nitrogen and oxygen atoms in total. The number of methoxy groups -OCH3 is 2. The van der Waals surface area contributed by atoms with Crippen LogP contribution >= 0.6 is 11.6 Å². The average molecular weight is 504 g/mol. The largest absolute Gasteiger partial charge is 0.497 e. The molecule has 0 bridgehead atoms. The van der Waals surface area contributed by atoms with Crippen molar-refractivity contribution < 1.29 is 14.3 Å². The predicted molar refractivity (Wildman–Crippen MR) is 139 cm³/mol. The van der Waals surface area contributed by atoms with Crippen LogP contribution in [0.4, 0.5) is 11.9 Å². The number of hydrogen-bond acceptors (Lipinski definition) is 6. The van der Waals surface area contributed by atoms with E-state index in [1.54, 1.807) is 14.2 Å². The second-order valence-electron chi connectivity index (χ2n) is 8.52. The lowest BCUT2D eigenvalue weighted by molar-refractivity contribution is -0.115.